The van der Waals surface area contributed by atoms with Gasteiger partial charge < -0.3 is 19.5 Å². The monoisotopic (exact) mass is 341 g/mol. The summed E-state index contributed by atoms with van der Waals surface area (Å²) in [5, 5.41) is 2.81. The van der Waals surface area contributed by atoms with E-state index in [-0.39, 0.29) is 23.8 Å². The zero-order valence-corrected chi connectivity index (χ0v) is 13.9. The van der Waals surface area contributed by atoms with Crippen molar-refractivity contribution < 1.29 is 23.8 Å². The molecule has 3 rings (SSSR count). The first-order valence-corrected chi connectivity index (χ1v) is 8.00. The summed E-state index contributed by atoms with van der Waals surface area (Å²) in [5.41, 5.74) is 1.11. The van der Waals surface area contributed by atoms with Crippen molar-refractivity contribution in [2.24, 2.45) is 0 Å². The molecule has 1 N–H and O–H groups in total. The molecule has 0 aliphatic carbocycles. The summed E-state index contributed by atoms with van der Waals surface area (Å²) >= 11 is 0. The Morgan fingerprint density at radius 1 is 1.04 bits per heavy atom. The third-order valence-corrected chi connectivity index (χ3v) is 3.83. The third kappa shape index (κ3) is 3.87. The molecule has 1 aliphatic heterocycles. The van der Waals surface area contributed by atoms with Crippen LogP contribution in [-0.4, -0.2) is 31.6 Å². The fourth-order valence-corrected chi connectivity index (χ4v) is 2.71. The van der Waals surface area contributed by atoms with E-state index in [1.54, 1.807) is 24.3 Å². The minimum Gasteiger partial charge on any atom is -0.426 e. The summed E-state index contributed by atoms with van der Waals surface area (Å²) in [4.78, 5) is 23.8. The van der Waals surface area contributed by atoms with E-state index in [2.05, 4.69) is 5.32 Å². The molecule has 0 saturated carbocycles. The van der Waals surface area contributed by atoms with Crippen LogP contribution in [0.2, 0.25) is 0 Å². The van der Waals surface area contributed by atoms with Gasteiger partial charge in [0.2, 0.25) is 5.79 Å². The summed E-state index contributed by atoms with van der Waals surface area (Å²) in [6.45, 7) is 2.34. The maximum absolute atomic E-state index is 12.6. The number of carbonyl (C=O) groups excluding carboxylic acids is 2. The number of carbonyl (C=O) groups is 2. The molecular weight excluding hydrogens is 322 g/mol. The Kier molecular flexibility index (Phi) is 5.11. The van der Waals surface area contributed by atoms with E-state index >= 15 is 0 Å². The largest absolute Gasteiger partial charge is 0.426 e. The second kappa shape index (κ2) is 7.46. The van der Waals surface area contributed by atoms with Crippen molar-refractivity contribution >= 4 is 11.9 Å². The highest BCUT2D eigenvalue weighted by Crippen LogP contribution is 2.31. The lowest BCUT2D eigenvalue weighted by molar-refractivity contribution is -0.160. The fourth-order valence-electron chi connectivity index (χ4n) is 2.71. The molecular formula is C19H19NO5. The summed E-state index contributed by atoms with van der Waals surface area (Å²) in [6, 6.07) is 16.0. The number of benzene rings is 2. The van der Waals surface area contributed by atoms with Crippen LogP contribution in [0.4, 0.5) is 0 Å². The second-order valence-corrected chi connectivity index (χ2v) is 5.59. The first kappa shape index (κ1) is 17.1. The molecule has 1 heterocycles. The van der Waals surface area contributed by atoms with Crippen molar-refractivity contribution in [1.82, 2.24) is 5.32 Å². The Balaban J connectivity index is 1.76. The lowest BCUT2D eigenvalue weighted by Gasteiger charge is -2.28. The minimum absolute atomic E-state index is 0.143. The molecule has 0 unspecified atom stereocenters. The maximum atomic E-state index is 12.6. The van der Waals surface area contributed by atoms with E-state index in [0.29, 0.717) is 13.2 Å². The van der Waals surface area contributed by atoms with Gasteiger partial charge in [0.25, 0.3) is 5.91 Å². The van der Waals surface area contributed by atoms with Gasteiger partial charge in [-0.1, -0.05) is 42.5 Å². The summed E-state index contributed by atoms with van der Waals surface area (Å²) in [6.07, 6.45) is 0. The minimum atomic E-state index is -1.01. The lowest BCUT2D eigenvalue weighted by Crippen LogP contribution is -2.41. The zero-order valence-electron chi connectivity index (χ0n) is 13.9. The van der Waals surface area contributed by atoms with E-state index < -0.39 is 11.8 Å². The lowest BCUT2D eigenvalue weighted by atomic mass is 10.1. The second-order valence-electron chi connectivity index (χ2n) is 5.59. The van der Waals surface area contributed by atoms with E-state index in [1.807, 2.05) is 30.3 Å². The van der Waals surface area contributed by atoms with E-state index in [4.69, 9.17) is 14.2 Å². The first-order chi connectivity index (χ1) is 12.1. The van der Waals surface area contributed by atoms with Gasteiger partial charge in [-0.2, -0.15) is 0 Å². The number of ether oxygens (including phenoxy) is 3. The van der Waals surface area contributed by atoms with Crippen LogP contribution in [0.15, 0.2) is 54.6 Å². The van der Waals surface area contributed by atoms with E-state index in [0.717, 1.165) is 5.56 Å². The Labute approximate surface area is 145 Å². The van der Waals surface area contributed by atoms with Gasteiger partial charge in [-0.05, 0) is 12.1 Å². The third-order valence-electron chi connectivity index (χ3n) is 3.83. The van der Waals surface area contributed by atoms with Gasteiger partial charge >= 0.3 is 5.97 Å². The van der Waals surface area contributed by atoms with Crippen molar-refractivity contribution in [1.29, 1.82) is 0 Å². The number of esters is 1. The molecule has 1 saturated heterocycles. The molecule has 0 aromatic heterocycles. The topological polar surface area (TPSA) is 73.9 Å². The van der Waals surface area contributed by atoms with Gasteiger partial charge in [0.1, 0.15) is 5.75 Å². The Bertz CT molecular complexity index is 753. The molecule has 2 aromatic rings. The van der Waals surface area contributed by atoms with Gasteiger partial charge in [-0.25, -0.2) is 0 Å². The van der Waals surface area contributed by atoms with Crippen molar-refractivity contribution in [3.63, 3.8) is 0 Å². The Morgan fingerprint density at radius 3 is 2.36 bits per heavy atom. The molecule has 1 amide bonds. The van der Waals surface area contributed by atoms with E-state index in [9.17, 15) is 9.59 Å². The number of nitrogens with one attached hydrogen (secondary N) is 1. The van der Waals surface area contributed by atoms with Crippen LogP contribution in [0, 0.1) is 0 Å². The Hall–Kier alpha value is -2.70. The van der Waals surface area contributed by atoms with Crippen LogP contribution in [0.25, 0.3) is 0 Å². The summed E-state index contributed by atoms with van der Waals surface area (Å²) in [7, 11) is 0. The molecule has 130 valence electrons. The molecule has 6 nitrogen and oxygen atoms in total. The maximum Gasteiger partial charge on any atom is 0.308 e. The van der Waals surface area contributed by atoms with Gasteiger partial charge in [-0.3, -0.25) is 9.59 Å². The molecule has 2 aromatic carbocycles. The fraction of sp³-hybridized carbons (Fsp3) is 0.263. The average molecular weight is 341 g/mol. The van der Waals surface area contributed by atoms with Gasteiger partial charge in [0.15, 0.2) is 0 Å². The normalized spacial score (nSPS) is 15.6. The predicted octanol–water partition coefficient (Wildman–Crippen LogP) is 2.24. The van der Waals surface area contributed by atoms with Gasteiger partial charge in [-0.15, -0.1) is 0 Å². The van der Waals surface area contributed by atoms with Crippen LogP contribution in [-0.2, 0) is 20.1 Å². The van der Waals surface area contributed by atoms with Crippen molar-refractivity contribution in [2.75, 3.05) is 19.8 Å². The van der Waals surface area contributed by atoms with E-state index in [1.165, 1.54) is 6.92 Å². The smallest absolute Gasteiger partial charge is 0.308 e. The number of hydrogen-bond donors (Lipinski definition) is 1. The highest BCUT2D eigenvalue weighted by Gasteiger charge is 2.39. The SMILES string of the molecule is CC(=O)Oc1ccccc1C(=O)NCC1(c2ccccc2)OCCO1. The van der Waals surface area contributed by atoms with Crippen molar-refractivity contribution in [3.05, 3.63) is 65.7 Å². The Morgan fingerprint density at radius 2 is 1.68 bits per heavy atom. The molecule has 0 spiro atoms. The number of hydrogen-bond acceptors (Lipinski definition) is 5. The van der Waals surface area contributed by atoms with Crippen LogP contribution in [0.1, 0.15) is 22.8 Å². The molecule has 1 aliphatic rings. The number of rotatable bonds is 5. The number of para-hydroxylation sites is 1. The number of amides is 1. The van der Waals surface area contributed by atoms with Crippen LogP contribution >= 0.6 is 0 Å². The van der Waals surface area contributed by atoms with Crippen LogP contribution < -0.4 is 10.1 Å². The van der Waals surface area contributed by atoms with Crippen LogP contribution in [0.5, 0.6) is 5.75 Å². The highest BCUT2D eigenvalue weighted by atomic mass is 16.7. The molecule has 0 atom stereocenters. The molecule has 0 radical (unpaired) electrons. The summed E-state index contributed by atoms with van der Waals surface area (Å²) < 4.78 is 16.7. The summed E-state index contributed by atoms with van der Waals surface area (Å²) in [5.74, 6) is -1.64. The van der Waals surface area contributed by atoms with Gasteiger partial charge in [0.05, 0.1) is 25.3 Å². The van der Waals surface area contributed by atoms with Gasteiger partial charge in [0, 0.05) is 12.5 Å². The zero-order chi connectivity index (χ0) is 17.7. The quantitative estimate of drug-likeness (QED) is 0.667. The predicted molar refractivity (Wildman–Crippen MR) is 90.1 cm³/mol. The van der Waals surface area contributed by atoms with Crippen molar-refractivity contribution in [2.45, 2.75) is 12.7 Å². The molecule has 0 bridgehead atoms. The molecule has 6 heteroatoms. The van der Waals surface area contributed by atoms with Crippen LogP contribution in [0.3, 0.4) is 0 Å². The molecule has 1 fully saturated rings. The average Bonchev–Trinajstić information content (AvgIpc) is 3.11. The van der Waals surface area contributed by atoms with Crippen molar-refractivity contribution in [3.8, 4) is 5.75 Å². The standard InChI is InChI=1S/C19H19NO5/c1-14(21)25-17-10-6-5-9-16(17)18(22)20-13-19(23-11-12-24-19)15-7-3-2-4-8-15/h2-10H,11-13H2,1H3,(H,20,22). The molecule has 25 heavy (non-hydrogen) atoms. The first-order valence-electron chi connectivity index (χ1n) is 8.00. The highest BCUT2D eigenvalue weighted by molar-refractivity contribution is 5.97.